The maximum atomic E-state index is 12.0. The number of anilines is 1. The van der Waals surface area contributed by atoms with Gasteiger partial charge in [0.15, 0.2) is 5.84 Å². The summed E-state index contributed by atoms with van der Waals surface area (Å²) in [6.07, 6.45) is 0. The second-order valence-electron chi connectivity index (χ2n) is 3.96. The molecular weight excluding hydrogens is 284 g/mol. The smallest absolute Gasteiger partial charge is 0.294 e. The fraction of sp³-hybridized carbons (Fsp3) is 0.0833. The van der Waals surface area contributed by atoms with Crippen molar-refractivity contribution in [3.63, 3.8) is 0 Å². The van der Waals surface area contributed by atoms with Crippen molar-refractivity contribution in [3.8, 4) is 0 Å². The van der Waals surface area contributed by atoms with Crippen molar-refractivity contribution >= 4 is 29.0 Å². The summed E-state index contributed by atoms with van der Waals surface area (Å²) >= 11 is 5.87. The van der Waals surface area contributed by atoms with Crippen LogP contribution in [0.3, 0.4) is 0 Å². The summed E-state index contributed by atoms with van der Waals surface area (Å²) in [4.78, 5) is 12.0. The van der Waals surface area contributed by atoms with Crippen LogP contribution >= 0.6 is 11.6 Å². The van der Waals surface area contributed by atoms with Gasteiger partial charge in [0.2, 0.25) is 5.76 Å². The van der Waals surface area contributed by atoms with Crippen molar-refractivity contribution in [1.29, 1.82) is 0 Å². The number of rotatable bonds is 3. The Labute approximate surface area is 119 Å². The Morgan fingerprint density at radius 1 is 1.50 bits per heavy atom. The van der Waals surface area contributed by atoms with Crippen molar-refractivity contribution in [3.05, 3.63) is 46.3 Å². The Kier molecular flexibility index (Phi) is 3.90. The van der Waals surface area contributed by atoms with Crippen LogP contribution in [0.5, 0.6) is 0 Å². The first-order valence-corrected chi connectivity index (χ1v) is 5.91. The van der Waals surface area contributed by atoms with Gasteiger partial charge < -0.3 is 20.8 Å². The van der Waals surface area contributed by atoms with Crippen molar-refractivity contribution in [2.75, 3.05) is 5.32 Å². The van der Waals surface area contributed by atoms with E-state index < -0.39 is 5.91 Å². The number of hydrogen-bond acceptors (Lipinski definition) is 5. The van der Waals surface area contributed by atoms with Crippen LogP contribution in [0, 0.1) is 6.92 Å². The highest BCUT2D eigenvalue weighted by molar-refractivity contribution is 6.31. The van der Waals surface area contributed by atoms with Crippen molar-refractivity contribution in [1.82, 2.24) is 5.16 Å². The van der Waals surface area contributed by atoms with Crippen molar-refractivity contribution < 1.29 is 14.5 Å². The molecule has 0 spiro atoms. The van der Waals surface area contributed by atoms with E-state index in [4.69, 9.17) is 27.1 Å². The van der Waals surface area contributed by atoms with E-state index >= 15 is 0 Å². The van der Waals surface area contributed by atoms with Crippen molar-refractivity contribution in [2.24, 2.45) is 10.9 Å². The predicted molar refractivity (Wildman–Crippen MR) is 73.2 cm³/mol. The van der Waals surface area contributed by atoms with Gasteiger partial charge in [-0.3, -0.25) is 4.79 Å². The average molecular weight is 295 g/mol. The van der Waals surface area contributed by atoms with E-state index in [-0.39, 0.29) is 11.6 Å². The molecule has 0 saturated heterocycles. The van der Waals surface area contributed by atoms with Crippen LogP contribution in [0.15, 0.2) is 33.9 Å². The van der Waals surface area contributed by atoms with Gasteiger partial charge in [-0.25, -0.2) is 0 Å². The fourth-order valence-corrected chi connectivity index (χ4v) is 1.72. The molecule has 0 atom stereocenters. The number of halogens is 1. The lowest BCUT2D eigenvalue weighted by Crippen LogP contribution is -2.19. The van der Waals surface area contributed by atoms with Crippen LogP contribution < -0.4 is 11.1 Å². The number of aromatic nitrogens is 1. The molecule has 4 N–H and O–H groups in total. The lowest BCUT2D eigenvalue weighted by Gasteiger charge is -2.09. The number of aryl methyl sites for hydroxylation is 1. The topological polar surface area (TPSA) is 114 Å². The van der Waals surface area contributed by atoms with Gasteiger partial charge in [-0.05, 0) is 25.1 Å². The van der Waals surface area contributed by atoms with Gasteiger partial charge in [0.25, 0.3) is 5.91 Å². The number of hydrogen-bond donors (Lipinski definition) is 3. The van der Waals surface area contributed by atoms with E-state index in [1.807, 2.05) is 0 Å². The normalized spacial score (nSPS) is 11.4. The molecule has 0 radical (unpaired) electrons. The Balaban J connectivity index is 2.33. The van der Waals surface area contributed by atoms with Gasteiger partial charge in [0.1, 0.15) is 0 Å². The minimum absolute atomic E-state index is 0.0490. The maximum absolute atomic E-state index is 12.0. The molecule has 7 nitrogen and oxygen atoms in total. The van der Waals surface area contributed by atoms with Crippen LogP contribution in [-0.2, 0) is 0 Å². The number of amides is 1. The Morgan fingerprint density at radius 2 is 2.25 bits per heavy atom. The molecule has 2 rings (SSSR count). The fourth-order valence-electron chi connectivity index (χ4n) is 1.55. The standard InChI is InChI=1S/C12H11ClN4O3/c1-6-4-10(20-17-6)12(18)15-9-5-7(13)2-3-8(9)11(14)16-19/h2-5,19H,1H3,(H2,14,16)(H,15,18). The quantitative estimate of drug-likeness (QED) is 0.347. The summed E-state index contributed by atoms with van der Waals surface area (Å²) in [5.41, 5.74) is 6.75. The van der Waals surface area contributed by atoms with Crippen LogP contribution in [0.4, 0.5) is 5.69 Å². The zero-order valence-electron chi connectivity index (χ0n) is 10.4. The number of amidine groups is 1. The minimum atomic E-state index is -0.514. The Morgan fingerprint density at radius 3 is 2.85 bits per heavy atom. The second kappa shape index (κ2) is 5.62. The van der Waals surface area contributed by atoms with E-state index in [1.54, 1.807) is 13.0 Å². The largest absolute Gasteiger partial charge is 0.409 e. The first kappa shape index (κ1) is 13.9. The molecule has 1 aromatic heterocycles. The Bertz CT molecular complexity index is 681. The molecule has 1 aromatic carbocycles. The number of oxime groups is 1. The van der Waals surface area contributed by atoms with Gasteiger partial charge >= 0.3 is 0 Å². The lowest BCUT2D eigenvalue weighted by atomic mass is 10.1. The number of nitrogens with two attached hydrogens (primary N) is 1. The first-order valence-electron chi connectivity index (χ1n) is 5.53. The van der Waals surface area contributed by atoms with E-state index in [0.29, 0.717) is 22.0 Å². The zero-order valence-corrected chi connectivity index (χ0v) is 11.2. The highest BCUT2D eigenvalue weighted by Crippen LogP contribution is 2.22. The van der Waals surface area contributed by atoms with Gasteiger partial charge in [0.05, 0.1) is 11.4 Å². The third-order valence-electron chi connectivity index (χ3n) is 2.47. The summed E-state index contributed by atoms with van der Waals surface area (Å²) in [6, 6.07) is 6.06. The third kappa shape index (κ3) is 2.89. The van der Waals surface area contributed by atoms with Crippen LogP contribution in [-0.4, -0.2) is 22.1 Å². The summed E-state index contributed by atoms with van der Waals surface area (Å²) in [5, 5.41) is 18.2. The molecule has 20 heavy (non-hydrogen) atoms. The SMILES string of the molecule is Cc1cc(C(=O)Nc2cc(Cl)ccc2C(N)=NO)on1. The number of nitrogens with one attached hydrogen (secondary N) is 1. The van der Waals surface area contributed by atoms with E-state index in [0.717, 1.165) is 0 Å². The number of carbonyl (C=O) groups excluding carboxylic acids is 1. The molecule has 1 heterocycles. The van der Waals surface area contributed by atoms with E-state index in [1.165, 1.54) is 18.2 Å². The molecule has 1 amide bonds. The van der Waals surface area contributed by atoms with Gasteiger partial charge in [-0.1, -0.05) is 21.9 Å². The van der Waals surface area contributed by atoms with Crippen molar-refractivity contribution in [2.45, 2.75) is 6.92 Å². The molecule has 0 saturated carbocycles. The van der Waals surface area contributed by atoms with Crippen LogP contribution in [0.1, 0.15) is 21.8 Å². The van der Waals surface area contributed by atoms with Crippen LogP contribution in [0.25, 0.3) is 0 Å². The molecule has 0 bridgehead atoms. The summed E-state index contributed by atoms with van der Waals surface area (Å²) in [7, 11) is 0. The first-order chi connectivity index (χ1) is 9.51. The average Bonchev–Trinajstić information content (AvgIpc) is 2.85. The molecule has 0 aliphatic carbocycles. The molecule has 0 fully saturated rings. The third-order valence-corrected chi connectivity index (χ3v) is 2.70. The predicted octanol–water partition coefficient (Wildman–Crippen LogP) is 1.98. The highest BCUT2D eigenvalue weighted by Gasteiger charge is 2.15. The lowest BCUT2D eigenvalue weighted by molar-refractivity contribution is 0.0988. The second-order valence-corrected chi connectivity index (χ2v) is 4.40. The van der Waals surface area contributed by atoms with E-state index in [9.17, 15) is 4.79 Å². The summed E-state index contributed by atoms with van der Waals surface area (Å²) < 4.78 is 4.85. The molecule has 0 unspecified atom stereocenters. The molecule has 104 valence electrons. The number of benzene rings is 1. The minimum Gasteiger partial charge on any atom is -0.409 e. The number of carbonyl (C=O) groups is 1. The van der Waals surface area contributed by atoms with Gasteiger partial charge in [0, 0.05) is 16.7 Å². The zero-order chi connectivity index (χ0) is 14.7. The van der Waals surface area contributed by atoms with Crippen LogP contribution in [0.2, 0.25) is 5.02 Å². The summed E-state index contributed by atoms with van der Waals surface area (Å²) in [6.45, 7) is 1.70. The molecule has 0 aliphatic heterocycles. The number of nitrogens with zero attached hydrogens (tertiary/aromatic N) is 2. The summed E-state index contributed by atoms with van der Waals surface area (Å²) in [5.74, 6) is -0.612. The van der Waals surface area contributed by atoms with Gasteiger partial charge in [-0.15, -0.1) is 0 Å². The highest BCUT2D eigenvalue weighted by atomic mass is 35.5. The monoisotopic (exact) mass is 294 g/mol. The molecule has 8 heteroatoms. The Hall–Kier alpha value is -2.54. The van der Waals surface area contributed by atoms with E-state index in [2.05, 4.69) is 15.6 Å². The maximum Gasteiger partial charge on any atom is 0.294 e. The molecule has 0 aliphatic rings. The molecule has 2 aromatic rings. The molecular formula is C12H11ClN4O3. The van der Waals surface area contributed by atoms with Gasteiger partial charge in [-0.2, -0.15) is 0 Å².